The van der Waals surface area contributed by atoms with Crippen molar-refractivity contribution in [3.63, 3.8) is 0 Å². The number of hydrogen-bond acceptors (Lipinski definition) is 3. The van der Waals surface area contributed by atoms with Gasteiger partial charge in [0.1, 0.15) is 5.75 Å². The number of benzene rings is 1. The molecular weight excluding hydrogens is 276 g/mol. The Labute approximate surface area is 127 Å². The summed E-state index contributed by atoms with van der Waals surface area (Å²) in [5.74, 6) is 0.901. The fraction of sp³-hybridized carbons (Fsp3) is 0.533. The third-order valence-electron chi connectivity index (χ3n) is 2.65. The van der Waals surface area contributed by atoms with Crippen LogP contribution in [0.1, 0.15) is 25.8 Å². The van der Waals surface area contributed by atoms with E-state index >= 15 is 0 Å². The van der Waals surface area contributed by atoms with Gasteiger partial charge in [0.2, 0.25) is 5.91 Å². The van der Waals surface area contributed by atoms with Crippen molar-refractivity contribution in [2.24, 2.45) is 0 Å². The third kappa shape index (κ3) is 8.02. The van der Waals surface area contributed by atoms with Gasteiger partial charge in [0, 0.05) is 13.1 Å². The van der Waals surface area contributed by atoms with Crippen LogP contribution in [-0.4, -0.2) is 32.1 Å². The van der Waals surface area contributed by atoms with E-state index in [9.17, 15) is 4.79 Å². The lowest BCUT2D eigenvalue weighted by atomic mass is 10.1. The average Bonchev–Trinajstić information content (AvgIpc) is 2.41. The molecule has 0 aliphatic carbocycles. The van der Waals surface area contributed by atoms with Crippen molar-refractivity contribution in [3.05, 3.63) is 29.8 Å². The SMILES string of the molecule is CCCNCCNC(=O)Cc1ccc(OCC)cc1.Cl. The van der Waals surface area contributed by atoms with Crippen LogP contribution in [0, 0.1) is 0 Å². The summed E-state index contributed by atoms with van der Waals surface area (Å²) in [4.78, 5) is 11.7. The van der Waals surface area contributed by atoms with E-state index in [0.29, 0.717) is 19.6 Å². The molecule has 0 aliphatic rings. The first-order valence-electron chi connectivity index (χ1n) is 6.95. The van der Waals surface area contributed by atoms with E-state index in [1.807, 2.05) is 31.2 Å². The normalized spacial score (nSPS) is 9.70. The van der Waals surface area contributed by atoms with Gasteiger partial charge in [-0.2, -0.15) is 0 Å². The van der Waals surface area contributed by atoms with Crippen LogP contribution in [0.3, 0.4) is 0 Å². The minimum atomic E-state index is 0. The Balaban J connectivity index is 0.00000361. The maximum atomic E-state index is 11.7. The highest BCUT2D eigenvalue weighted by molar-refractivity contribution is 5.85. The first kappa shape index (κ1) is 18.7. The number of halogens is 1. The Hall–Kier alpha value is -1.26. The number of ether oxygens (including phenoxy) is 1. The second-order valence-electron chi connectivity index (χ2n) is 4.35. The molecule has 1 amide bonds. The maximum Gasteiger partial charge on any atom is 0.224 e. The standard InChI is InChI=1S/C15H24N2O2.ClH/c1-3-9-16-10-11-17-15(18)12-13-5-7-14(8-6-13)19-4-2;/h5-8,16H,3-4,9-12H2,1-2H3,(H,17,18);1H. The number of amides is 1. The molecule has 0 fully saturated rings. The van der Waals surface area contributed by atoms with Gasteiger partial charge in [0.15, 0.2) is 0 Å². The van der Waals surface area contributed by atoms with Crippen molar-refractivity contribution in [2.75, 3.05) is 26.2 Å². The lowest BCUT2D eigenvalue weighted by Crippen LogP contribution is -2.32. The minimum Gasteiger partial charge on any atom is -0.494 e. The Morgan fingerprint density at radius 1 is 1.10 bits per heavy atom. The fourth-order valence-electron chi connectivity index (χ4n) is 1.71. The molecule has 0 aromatic heterocycles. The number of carbonyl (C=O) groups excluding carboxylic acids is 1. The zero-order valence-electron chi connectivity index (χ0n) is 12.3. The molecule has 20 heavy (non-hydrogen) atoms. The topological polar surface area (TPSA) is 50.4 Å². The summed E-state index contributed by atoms with van der Waals surface area (Å²) in [7, 11) is 0. The van der Waals surface area contributed by atoms with E-state index in [2.05, 4.69) is 17.6 Å². The molecular formula is C15H25ClN2O2. The van der Waals surface area contributed by atoms with Crippen molar-refractivity contribution in [3.8, 4) is 5.75 Å². The summed E-state index contributed by atoms with van der Waals surface area (Å²) in [5.41, 5.74) is 1.00. The monoisotopic (exact) mass is 300 g/mol. The maximum absolute atomic E-state index is 11.7. The molecule has 0 bridgehead atoms. The Morgan fingerprint density at radius 3 is 2.40 bits per heavy atom. The predicted octanol–water partition coefficient (Wildman–Crippen LogP) is 2.17. The van der Waals surface area contributed by atoms with E-state index in [-0.39, 0.29) is 18.3 Å². The molecule has 1 rings (SSSR count). The number of carbonyl (C=O) groups is 1. The minimum absolute atomic E-state index is 0. The van der Waals surface area contributed by atoms with Gasteiger partial charge < -0.3 is 15.4 Å². The molecule has 2 N–H and O–H groups in total. The molecule has 0 spiro atoms. The molecule has 114 valence electrons. The molecule has 1 aromatic rings. The lowest BCUT2D eigenvalue weighted by Gasteiger charge is -2.07. The Morgan fingerprint density at radius 2 is 1.80 bits per heavy atom. The van der Waals surface area contributed by atoms with Gasteiger partial charge in [-0.25, -0.2) is 0 Å². The molecule has 1 aromatic carbocycles. The molecule has 0 radical (unpaired) electrons. The third-order valence-corrected chi connectivity index (χ3v) is 2.65. The zero-order valence-corrected chi connectivity index (χ0v) is 13.1. The summed E-state index contributed by atoms with van der Waals surface area (Å²) < 4.78 is 5.36. The van der Waals surface area contributed by atoms with Crippen LogP contribution in [0.25, 0.3) is 0 Å². The van der Waals surface area contributed by atoms with Crippen LogP contribution in [0.4, 0.5) is 0 Å². The quantitative estimate of drug-likeness (QED) is 0.687. The second-order valence-corrected chi connectivity index (χ2v) is 4.35. The smallest absolute Gasteiger partial charge is 0.224 e. The van der Waals surface area contributed by atoms with E-state index in [1.54, 1.807) is 0 Å². The van der Waals surface area contributed by atoms with Crippen LogP contribution in [0.5, 0.6) is 5.75 Å². The van der Waals surface area contributed by atoms with Gasteiger partial charge in [-0.1, -0.05) is 19.1 Å². The van der Waals surface area contributed by atoms with Gasteiger partial charge in [0.05, 0.1) is 13.0 Å². The highest BCUT2D eigenvalue weighted by Gasteiger charge is 2.02. The van der Waals surface area contributed by atoms with Gasteiger partial charge in [-0.3, -0.25) is 4.79 Å². The predicted molar refractivity (Wildman–Crippen MR) is 84.7 cm³/mol. The molecule has 0 saturated heterocycles. The fourth-order valence-corrected chi connectivity index (χ4v) is 1.71. The van der Waals surface area contributed by atoms with Gasteiger partial charge in [-0.05, 0) is 37.6 Å². The van der Waals surface area contributed by atoms with E-state index in [1.165, 1.54) is 0 Å². The largest absolute Gasteiger partial charge is 0.494 e. The van der Waals surface area contributed by atoms with Crippen molar-refractivity contribution in [1.29, 1.82) is 0 Å². The molecule has 5 heteroatoms. The van der Waals surface area contributed by atoms with Crippen LogP contribution < -0.4 is 15.4 Å². The number of hydrogen-bond donors (Lipinski definition) is 2. The van der Waals surface area contributed by atoms with Gasteiger partial charge in [-0.15, -0.1) is 12.4 Å². The van der Waals surface area contributed by atoms with Crippen LogP contribution in [-0.2, 0) is 11.2 Å². The van der Waals surface area contributed by atoms with E-state index in [0.717, 1.165) is 30.8 Å². The first-order valence-corrected chi connectivity index (χ1v) is 6.95. The summed E-state index contributed by atoms with van der Waals surface area (Å²) in [6.45, 7) is 7.23. The molecule has 4 nitrogen and oxygen atoms in total. The molecule has 0 unspecified atom stereocenters. The summed E-state index contributed by atoms with van der Waals surface area (Å²) >= 11 is 0. The average molecular weight is 301 g/mol. The Bertz CT molecular complexity index is 369. The summed E-state index contributed by atoms with van der Waals surface area (Å²) in [5, 5.41) is 6.14. The highest BCUT2D eigenvalue weighted by atomic mass is 35.5. The van der Waals surface area contributed by atoms with Crippen molar-refractivity contribution >= 4 is 18.3 Å². The number of rotatable bonds is 9. The molecule has 0 atom stereocenters. The molecule has 0 aliphatic heterocycles. The first-order chi connectivity index (χ1) is 9.26. The lowest BCUT2D eigenvalue weighted by molar-refractivity contribution is -0.120. The van der Waals surface area contributed by atoms with Gasteiger partial charge >= 0.3 is 0 Å². The van der Waals surface area contributed by atoms with Crippen LogP contribution >= 0.6 is 12.4 Å². The van der Waals surface area contributed by atoms with Crippen LogP contribution in [0.2, 0.25) is 0 Å². The molecule has 0 saturated carbocycles. The Kier molecular flexibility index (Phi) is 10.8. The van der Waals surface area contributed by atoms with Gasteiger partial charge in [0.25, 0.3) is 0 Å². The van der Waals surface area contributed by atoms with E-state index in [4.69, 9.17) is 4.74 Å². The van der Waals surface area contributed by atoms with Crippen LogP contribution in [0.15, 0.2) is 24.3 Å². The van der Waals surface area contributed by atoms with E-state index < -0.39 is 0 Å². The number of nitrogens with one attached hydrogen (secondary N) is 2. The highest BCUT2D eigenvalue weighted by Crippen LogP contribution is 2.12. The van der Waals surface area contributed by atoms with Crippen molar-refractivity contribution in [1.82, 2.24) is 10.6 Å². The second kappa shape index (κ2) is 11.6. The van der Waals surface area contributed by atoms with Crippen molar-refractivity contribution < 1.29 is 9.53 Å². The summed E-state index contributed by atoms with van der Waals surface area (Å²) in [6.07, 6.45) is 1.53. The zero-order chi connectivity index (χ0) is 13.9. The summed E-state index contributed by atoms with van der Waals surface area (Å²) in [6, 6.07) is 7.66. The van der Waals surface area contributed by atoms with Crippen molar-refractivity contribution in [2.45, 2.75) is 26.7 Å². The molecule has 0 heterocycles.